The molecule has 3 nitrogen and oxygen atoms in total. The highest BCUT2D eigenvalue weighted by Crippen LogP contribution is 2.35. The summed E-state index contributed by atoms with van der Waals surface area (Å²) in [5, 5.41) is 12.8. The fourth-order valence-corrected chi connectivity index (χ4v) is 2.58. The fourth-order valence-electron chi connectivity index (χ4n) is 2.58. The third-order valence-electron chi connectivity index (χ3n) is 3.72. The number of methoxy groups -OCH3 is 1. The molecule has 0 aromatic carbocycles. The Morgan fingerprint density at radius 3 is 2.88 bits per heavy atom. The molecular formula is C13H24N2O. The van der Waals surface area contributed by atoms with Gasteiger partial charge in [0.05, 0.1) is 12.7 Å². The molecule has 0 radical (unpaired) electrons. The lowest BCUT2D eigenvalue weighted by molar-refractivity contribution is 0.158. The van der Waals surface area contributed by atoms with Crippen LogP contribution in [0.3, 0.4) is 0 Å². The third kappa shape index (κ3) is 3.47. The van der Waals surface area contributed by atoms with E-state index < -0.39 is 0 Å². The number of hydrogen-bond acceptors (Lipinski definition) is 3. The molecule has 3 heteroatoms. The molecule has 1 fully saturated rings. The van der Waals surface area contributed by atoms with Crippen LogP contribution in [0.5, 0.6) is 0 Å². The zero-order valence-corrected chi connectivity index (χ0v) is 10.8. The van der Waals surface area contributed by atoms with E-state index in [1.54, 1.807) is 7.11 Å². The monoisotopic (exact) mass is 224 g/mol. The van der Waals surface area contributed by atoms with E-state index in [1.165, 1.54) is 6.42 Å². The van der Waals surface area contributed by atoms with E-state index in [2.05, 4.69) is 25.2 Å². The minimum atomic E-state index is -0.300. The van der Waals surface area contributed by atoms with Crippen molar-refractivity contribution in [3.8, 4) is 6.07 Å². The summed E-state index contributed by atoms with van der Waals surface area (Å²) in [4.78, 5) is 0. The van der Waals surface area contributed by atoms with Crippen LogP contribution in [0.25, 0.3) is 0 Å². The molecule has 92 valence electrons. The summed E-state index contributed by atoms with van der Waals surface area (Å²) >= 11 is 0. The van der Waals surface area contributed by atoms with Crippen molar-refractivity contribution >= 4 is 0 Å². The van der Waals surface area contributed by atoms with Gasteiger partial charge in [0.15, 0.2) is 0 Å². The van der Waals surface area contributed by atoms with Crippen LogP contribution in [0.2, 0.25) is 0 Å². The number of nitrogens with zero attached hydrogens (tertiary/aromatic N) is 1. The molecule has 1 aliphatic carbocycles. The van der Waals surface area contributed by atoms with Gasteiger partial charge in [0.2, 0.25) is 0 Å². The number of nitriles is 1. The lowest BCUT2D eigenvalue weighted by Crippen LogP contribution is -2.49. The van der Waals surface area contributed by atoms with Crippen LogP contribution in [0.15, 0.2) is 0 Å². The molecule has 0 aliphatic heterocycles. The SMILES string of the molecule is COCCNC1(C#N)CCCC(C(C)C)C1. The van der Waals surface area contributed by atoms with Crippen molar-refractivity contribution in [1.29, 1.82) is 5.26 Å². The summed E-state index contributed by atoms with van der Waals surface area (Å²) in [5.74, 6) is 1.36. The molecule has 0 aromatic heterocycles. The van der Waals surface area contributed by atoms with Crippen LogP contribution in [-0.2, 0) is 4.74 Å². The summed E-state index contributed by atoms with van der Waals surface area (Å²) in [7, 11) is 1.69. The van der Waals surface area contributed by atoms with E-state index in [-0.39, 0.29) is 5.54 Å². The van der Waals surface area contributed by atoms with Gasteiger partial charge < -0.3 is 4.74 Å². The van der Waals surface area contributed by atoms with E-state index in [0.29, 0.717) is 18.4 Å². The maximum absolute atomic E-state index is 9.39. The summed E-state index contributed by atoms with van der Waals surface area (Å²) < 4.78 is 5.02. The second kappa shape index (κ2) is 6.22. The van der Waals surface area contributed by atoms with E-state index in [0.717, 1.165) is 25.8 Å². The summed E-state index contributed by atoms with van der Waals surface area (Å²) in [5.41, 5.74) is -0.300. The minimum Gasteiger partial charge on any atom is -0.383 e. The lowest BCUT2D eigenvalue weighted by Gasteiger charge is -2.38. The predicted octanol–water partition coefficient (Wildman–Crippen LogP) is 2.33. The van der Waals surface area contributed by atoms with Gasteiger partial charge in [0.25, 0.3) is 0 Å². The first kappa shape index (κ1) is 13.5. The van der Waals surface area contributed by atoms with Gasteiger partial charge in [-0.2, -0.15) is 5.26 Å². The van der Waals surface area contributed by atoms with Gasteiger partial charge in [-0.1, -0.05) is 20.3 Å². The summed E-state index contributed by atoms with van der Waals surface area (Å²) in [6.45, 7) is 5.96. The molecule has 1 N–H and O–H groups in total. The molecule has 1 rings (SSSR count). The molecule has 1 aliphatic rings. The second-order valence-corrected chi connectivity index (χ2v) is 5.21. The zero-order chi connectivity index (χ0) is 12.0. The van der Waals surface area contributed by atoms with Gasteiger partial charge in [-0.05, 0) is 31.1 Å². The summed E-state index contributed by atoms with van der Waals surface area (Å²) in [6.07, 6.45) is 4.41. The van der Waals surface area contributed by atoms with E-state index in [1.807, 2.05) is 0 Å². The molecule has 2 atom stereocenters. The molecule has 0 spiro atoms. The molecule has 0 aromatic rings. The van der Waals surface area contributed by atoms with Crippen molar-refractivity contribution in [2.75, 3.05) is 20.3 Å². The first-order chi connectivity index (χ1) is 7.63. The molecule has 0 saturated heterocycles. The Balaban J connectivity index is 2.54. The van der Waals surface area contributed by atoms with Crippen LogP contribution < -0.4 is 5.32 Å². The Morgan fingerprint density at radius 2 is 2.31 bits per heavy atom. The highest BCUT2D eigenvalue weighted by atomic mass is 16.5. The Morgan fingerprint density at radius 1 is 1.56 bits per heavy atom. The molecule has 0 bridgehead atoms. The number of hydrogen-bond donors (Lipinski definition) is 1. The second-order valence-electron chi connectivity index (χ2n) is 5.21. The van der Waals surface area contributed by atoms with Gasteiger partial charge in [-0.15, -0.1) is 0 Å². The van der Waals surface area contributed by atoms with Crippen LogP contribution in [0, 0.1) is 23.2 Å². The van der Waals surface area contributed by atoms with E-state index >= 15 is 0 Å². The van der Waals surface area contributed by atoms with Gasteiger partial charge in [0.1, 0.15) is 5.54 Å². The lowest BCUT2D eigenvalue weighted by atomic mass is 9.72. The third-order valence-corrected chi connectivity index (χ3v) is 3.72. The highest BCUT2D eigenvalue weighted by Gasteiger charge is 2.36. The topological polar surface area (TPSA) is 45.0 Å². The van der Waals surface area contributed by atoms with Crippen molar-refractivity contribution in [1.82, 2.24) is 5.32 Å². The van der Waals surface area contributed by atoms with Crippen LogP contribution in [0.4, 0.5) is 0 Å². The number of ether oxygens (including phenoxy) is 1. The molecule has 0 heterocycles. The Labute approximate surface area is 99.2 Å². The van der Waals surface area contributed by atoms with Crippen LogP contribution >= 0.6 is 0 Å². The average Bonchev–Trinajstić information content (AvgIpc) is 2.30. The van der Waals surface area contributed by atoms with Crippen LogP contribution in [0.1, 0.15) is 39.5 Å². The van der Waals surface area contributed by atoms with Gasteiger partial charge in [-0.25, -0.2) is 0 Å². The largest absolute Gasteiger partial charge is 0.383 e. The quantitative estimate of drug-likeness (QED) is 0.729. The number of rotatable bonds is 5. The Kier molecular flexibility index (Phi) is 5.24. The molecule has 2 unspecified atom stereocenters. The maximum Gasteiger partial charge on any atom is 0.107 e. The molecular weight excluding hydrogens is 200 g/mol. The van der Waals surface area contributed by atoms with Crippen molar-refractivity contribution in [2.45, 2.75) is 45.1 Å². The highest BCUT2D eigenvalue weighted by molar-refractivity contribution is 5.09. The van der Waals surface area contributed by atoms with Crippen molar-refractivity contribution in [3.63, 3.8) is 0 Å². The smallest absolute Gasteiger partial charge is 0.107 e. The average molecular weight is 224 g/mol. The Bertz CT molecular complexity index is 247. The zero-order valence-electron chi connectivity index (χ0n) is 10.8. The van der Waals surface area contributed by atoms with Gasteiger partial charge in [-0.3, -0.25) is 5.32 Å². The van der Waals surface area contributed by atoms with Crippen molar-refractivity contribution in [2.24, 2.45) is 11.8 Å². The van der Waals surface area contributed by atoms with Crippen molar-refractivity contribution in [3.05, 3.63) is 0 Å². The molecule has 0 amide bonds. The first-order valence-corrected chi connectivity index (χ1v) is 6.29. The van der Waals surface area contributed by atoms with E-state index in [4.69, 9.17) is 4.74 Å². The molecule has 1 saturated carbocycles. The summed E-state index contributed by atoms with van der Waals surface area (Å²) in [6, 6.07) is 2.49. The fraction of sp³-hybridized carbons (Fsp3) is 0.923. The normalized spacial score (nSPS) is 30.3. The minimum absolute atomic E-state index is 0.300. The Hall–Kier alpha value is -0.590. The van der Waals surface area contributed by atoms with Gasteiger partial charge in [0, 0.05) is 13.7 Å². The van der Waals surface area contributed by atoms with Crippen LogP contribution in [-0.4, -0.2) is 25.8 Å². The number of nitrogens with one attached hydrogen (secondary N) is 1. The standard InChI is InChI=1S/C13H24N2O/c1-11(2)12-5-4-6-13(9-12,10-14)15-7-8-16-3/h11-12,15H,4-9H2,1-3H3. The molecule has 16 heavy (non-hydrogen) atoms. The van der Waals surface area contributed by atoms with Crippen molar-refractivity contribution < 1.29 is 4.74 Å². The maximum atomic E-state index is 9.39. The van der Waals surface area contributed by atoms with E-state index in [9.17, 15) is 5.26 Å². The predicted molar refractivity (Wildman–Crippen MR) is 65.0 cm³/mol. The van der Waals surface area contributed by atoms with Gasteiger partial charge >= 0.3 is 0 Å². The first-order valence-electron chi connectivity index (χ1n) is 6.29.